The number of isocyanates is 1. The van der Waals surface area contributed by atoms with Crippen LogP contribution in [-0.4, -0.2) is 6.08 Å². The summed E-state index contributed by atoms with van der Waals surface area (Å²) < 4.78 is 0. The van der Waals surface area contributed by atoms with E-state index in [1.807, 2.05) is 35.7 Å². The van der Waals surface area contributed by atoms with E-state index < -0.39 is 0 Å². The van der Waals surface area contributed by atoms with Crippen LogP contribution >= 0.6 is 11.3 Å². The van der Waals surface area contributed by atoms with Gasteiger partial charge in [-0.2, -0.15) is 4.99 Å². The minimum absolute atomic E-state index is 0.644. The average Bonchev–Trinajstić information content (AvgIpc) is 2.71. The molecule has 0 unspecified atom stereocenters. The van der Waals surface area contributed by atoms with Crippen molar-refractivity contribution in [3.8, 4) is 10.4 Å². The molecule has 1 aromatic heterocycles. The molecule has 1 heterocycles. The van der Waals surface area contributed by atoms with Gasteiger partial charge < -0.3 is 0 Å². The van der Waals surface area contributed by atoms with Gasteiger partial charge in [0.1, 0.15) is 0 Å². The van der Waals surface area contributed by atoms with Crippen molar-refractivity contribution in [3.05, 3.63) is 41.8 Å². The van der Waals surface area contributed by atoms with Gasteiger partial charge in [-0.3, -0.25) is 0 Å². The van der Waals surface area contributed by atoms with Crippen LogP contribution in [-0.2, 0) is 4.79 Å². The van der Waals surface area contributed by atoms with Gasteiger partial charge in [0.05, 0.1) is 5.69 Å². The van der Waals surface area contributed by atoms with Crippen LogP contribution < -0.4 is 0 Å². The predicted octanol–water partition coefficient (Wildman–Crippen LogP) is 3.38. The van der Waals surface area contributed by atoms with E-state index in [9.17, 15) is 4.79 Å². The van der Waals surface area contributed by atoms with Gasteiger partial charge in [0.25, 0.3) is 0 Å². The molecular formula is C11H7NOS. The Balaban J connectivity index is 2.45. The van der Waals surface area contributed by atoms with Crippen molar-refractivity contribution in [2.24, 2.45) is 4.99 Å². The second kappa shape index (κ2) is 4.01. The molecule has 68 valence electrons. The van der Waals surface area contributed by atoms with E-state index in [4.69, 9.17) is 0 Å². The Labute approximate surface area is 85.6 Å². The summed E-state index contributed by atoms with van der Waals surface area (Å²) in [7, 11) is 0. The molecule has 0 amide bonds. The molecule has 0 aliphatic rings. The lowest BCUT2D eigenvalue weighted by atomic mass is 10.2. The summed E-state index contributed by atoms with van der Waals surface area (Å²) in [4.78, 5) is 14.8. The van der Waals surface area contributed by atoms with Gasteiger partial charge in [-0.1, -0.05) is 18.2 Å². The SMILES string of the molecule is O=C=Nc1cccc(-c2cccs2)c1. The highest BCUT2D eigenvalue weighted by molar-refractivity contribution is 7.13. The molecule has 2 nitrogen and oxygen atoms in total. The summed E-state index contributed by atoms with van der Waals surface area (Å²) in [5, 5.41) is 2.02. The molecule has 0 saturated carbocycles. The molecule has 3 heteroatoms. The summed E-state index contributed by atoms with van der Waals surface area (Å²) in [5.41, 5.74) is 1.72. The number of carbonyl (C=O) groups excluding carboxylic acids is 1. The molecule has 2 aromatic rings. The minimum atomic E-state index is 0.644. The largest absolute Gasteiger partial charge is 0.240 e. The van der Waals surface area contributed by atoms with Crippen molar-refractivity contribution in [2.75, 3.05) is 0 Å². The lowest BCUT2D eigenvalue weighted by Crippen LogP contribution is -1.70. The van der Waals surface area contributed by atoms with E-state index in [1.54, 1.807) is 17.4 Å². The predicted molar refractivity (Wildman–Crippen MR) is 57.5 cm³/mol. The Hall–Kier alpha value is -1.70. The van der Waals surface area contributed by atoms with Gasteiger partial charge in [-0.05, 0) is 29.1 Å². The van der Waals surface area contributed by atoms with Crippen LogP contribution in [0.5, 0.6) is 0 Å². The Bertz CT molecular complexity index is 470. The fourth-order valence-corrected chi connectivity index (χ4v) is 1.95. The van der Waals surface area contributed by atoms with Crippen molar-refractivity contribution in [2.45, 2.75) is 0 Å². The number of thiophene rings is 1. The number of hydrogen-bond acceptors (Lipinski definition) is 3. The van der Waals surface area contributed by atoms with E-state index in [0.717, 1.165) is 5.56 Å². The van der Waals surface area contributed by atoms with E-state index in [1.165, 1.54) is 11.0 Å². The zero-order valence-corrected chi connectivity index (χ0v) is 8.12. The number of nitrogens with zero attached hydrogens (tertiary/aromatic N) is 1. The van der Waals surface area contributed by atoms with Crippen LogP contribution in [0.4, 0.5) is 5.69 Å². The highest BCUT2D eigenvalue weighted by Gasteiger charge is 1.98. The maximum absolute atomic E-state index is 10.1. The Morgan fingerprint density at radius 2 is 2.14 bits per heavy atom. The number of hydrogen-bond donors (Lipinski definition) is 0. The molecule has 0 aliphatic carbocycles. The third-order valence-corrected chi connectivity index (χ3v) is 2.75. The van der Waals surface area contributed by atoms with E-state index in [-0.39, 0.29) is 0 Å². The van der Waals surface area contributed by atoms with Crippen molar-refractivity contribution in [1.29, 1.82) is 0 Å². The molecule has 0 atom stereocenters. The zero-order chi connectivity index (χ0) is 9.80. The first-order valence-electron chi connectivity index (χ1n) is 4.12. The Morgan fingerprint density at radius 1 is 1.21 bits per heavy atom. The molecule has 0 fully saturated rings. The fraction of sp³-hybridized carbons (Fsp3) is 0. The number of benzene rings is 1. The maximum atomic E-state index is 10.1. The highest BCUT2D eigenvalue weighted by atomic mass is 32.1. The smallest absolute Gasteiger partial charge is 0.211 e. The summed E-state index contributed by atoms with van der Waals surface area (Å²) in [6.07, 6.45) is 1.53. The lowest BCUT2D eigenvalue weighted by molar-refractivity contribution is 0.565. The first-order valence-corrected chi connectivity index (χ1v) is 5.00. The molecule has 0 spiro atoms. The van der Waals surface area contributed by atoms with Crippen LogP contribution in [0.3, 0.4) is 0 Å². The van der Waals surface area contributed by atoms with Gasteiger partial charge >= 0.3 is 0 Å². The fourth-order valence-electron chi connectivity index (χ4n) is 1.22. The van der Waals surface area contributed by atoms with Crippen LogP contribution in [0.25, 0.3) is 10.4 Å². The van der Waals surface area contributed by atoms with Crippen molar-refractivity contribution >= 4 is 23.1 Å². The van der Waals surface area contributed by atoms with Gasteiger partial charge in [0.15, 0.2) is 0 Å². The molecule has 14 heavy (non-hydrogen) atoms. The molecule has 0 saturated heterocycles. The standard InChI is InChI=1S/C11H7NOS/c13-8-12-10-4-1-3-9(7-10)11-5-2-6-14-11/h1-7H. The average molecular weight is 201 g/mol. The van der Waals surface area contributed by atoms with Crippen LogP contribution in [0.2, 0.25) is 0 Å². The number of aliphatic imine (C=N–C) groups is 1. The first-order chi connectivity index (χ1) is 6.90. The van der Waals surface area contributed by atoms with Gasteiger partial charge in [-0.25, -0.2) is 4.79 Å². The third kappa shape index (κ3) is 1.79. The second-order valence-electron chi connectivity index (χ2n) is 2.73. The third-order valence-electron chi connectivity index (χ3n) is 1.83. The van der Waals surface area contributed by atoms with E-state index in [2.05, 4.69) is 4.99 Å². The lowest BCUT2D eigenvalue weighted by Gasteiger charge is -1.97. The molecule has 0 aliphatic heterocycles. The molecule has 0 radical (unpaired) electrons. The van der Waals surface area contributed by atoms with Crippen LogP contribution in [0, 0.1) is 0 Å². The zero-order valence-electron chi connectivity index (χ0n) is 7.31. The molecule has 0 bridgehead atoms. The summed E-state index contributed by atoms with van der Waals surface area (Å²) in [6.45, 7) is 0. The Morgan fingerprint density at radius 3 is 2.86 bits per heavy atom. The first kappa shape index (κ1) is 8.88. The minimum Gasteiger partial charge on any atom is -0.211 e. The maximum Gasteiger partial charge on any atom is 0.240 e. The van der Waals surface area contributed by atoms with Crippen LogP contribution in [0.15, 0.2) is 46.8 Å². The monoisotopic (exact) mass is 201 g/mol. The van der Waals surface area contributed by atoms with E-state index >= 15 is 0 Å². The van der Waals surface area contributed by atoms with Crippen molar-refractivity contribution < 1.29 is 4.79 Å². The van der Waals surface area contributed by atoms with Crippen LogP contribution in [0.1, 0.15) is 0 Å². The molecular weight excluding hydrogens is 194 g/mol. The van der Waals surface area contributed by atoms with Crippen molar-refractivity contribution in [3.63, 3.8) is 0 Å². The van der Waals surface area contributed by atoms with E-state index in [0.29, 0.717) is 5.69 Å². The Kier molecular flexibility index (Phi) is 2.54. The summed E-state index contributed by atoms with van der Waals surface area (Å²) >= 11 is 1.66. The second-order valence-corrected chi connectivity index (χ2v) is 3.68. The summed E-state index contributed by atoms with van der Waals surface area (Å²) in [6, 6.07) is 11.6. The number of rotatable bonds is 2. The summed E-state index contributed by atoms with van der Waals surface area (Å²) in [5.74, 6) is 0. The molecule has 1 aromatic carbocycles. The quantitative estimate of drug-likeness (QED) is 0.541. The molecule has 2 rings (SSSR count). The topological polar surface area (TPSA) is 29.4 Å². The van der Waals surface area contributed by atoms with Gasteiger partial charge in [-0.15, -0.1) is 11.3 Å². The highest BCUT2D eigenvalue weighted by Crippen LogP contribution is 2.27. The van der Waals surface area contributed by atoms with Crippen molar-refractivity contribution in [1.82, 2.24) is 0 Å². The van der Waals surface area contributed by atoms with Gasteiger partial charge in [0.2, 0.25) is 6.08 Å². The normalized spacial score (nSPS) is 9.43. The van der Waals surface area contributed by atoms with Gasteiger partial charge in [0, 0.05) is 4.88 Å². The molecule has 0 N–H and O–H groups in total.